The highest BCUT2D eigenvalue weighted by molar-refractivity contribution is 6.67. The van der Waals surface area contributed by atoms with E-state index in [0.717, 1.165) is 16.5 Å². The van der Waals surface area contributed by atoms with E-state index in [1.807, 2.05) is 0 Å². The molecule has 2 aliphatic rings. The molecule has 0 radical (unpaired) electrons. The molecule has 0 aromatic heterocycles. The van der Waals surface area contributed by atoms with E-state index < -0.39 is 14.2 Å². The lowest BCUT2D eigenvalue weighted by atomic mass is 9.64. The minimum Gasteiger partial charge on any atom is -0.399 e. The molecule has 1 aromatic carbocycles. The second kappa shape index (κ2) is 6.09. The lowest BCUT2D eigenvalue weighted by molar-refractivity contribution is 0.00578. The molecule has 4 nitrogen and oxygen atoms in total. The number of benzene rings is 1. The number of hydrogen-bond donors (Lipinski definition) is 0. The van der Waals surface area contributed by atoms with Crippen molar-refractivity contribution in [1.82, 2.24) is 0 Å². The summed E-state index contributed by atoms with van der Waals surface area (Å²) < 4.78 is 25.4. The summed E-state index contributed by atoms with van der Waals surface area (Å²) in [6.45, 7) is 23.0. The summed E-state index contributed by atoms with van der Waals surface area (Å²) in [5.41, 5.74) is 4.17. The second-order valence-corrected chi connectivity index (χ2v) is 10.1. The van der Waals surface area contributed by atoms with Gasteiger partial charge in [0, 0.05) is 0 Å². The molecule has 0 N–H and O–H groups in total. The molecule has 1 aromatic rings. The maximum atomic E-state index is 6.35. The molecule has 0 unspecified atom stereocenters. The minimum absolute atomic E-state index is 0.369. The standard InChI is InChI=1S/C21H34B2O4/c1-13-12-14(2)17(23-26-20(8,9)21(10,11)27-23)15(3)16(13)22-24-18(4,5)19(6,7)25-22/h12H,1-11H3. The van der Waals surface area contributed by atoms with Gasteiger partial charge in [-0.25, -0.2) is 0 Å². The highest BCUT2D eigenvalue weighted by Crippen LogP contribution is 2.38. The first-order valence-corrected chi connectivity index (χ1v) is 9.91. The molecule has 0 bridgehead atoms. The topological polar surface area (TPSA) is 36.9 Å². The Bertz CT molecular complexity index is 676. The summed E-state index contributed by atoms with van der Waals surface area (Å²) in [4.78, 5) is 0. The molecule has 6 heteroatoms. The van der Waals surface area contributed by atoms with Crippen LogP contribution in [0, 0.1) is 20.8 Å². The Labute approximate surface area is 165 Å². The fourth-order valence-electron chi connectivity index (χ4n) is 3.86. The van der Waals surface area contributed by atoms with E-state index in [1.54, 1.807) is 0 Å². The van der Waals surface area contributed by atoms with Crippen LogP contribution in [-0.4, -0.2) is 36.6 Å². The molecule has 2 saturated heterocycles. The minimum atomic E-state index is -0.392. The molecule has 2 heterocycles. The fraction of sp³-hybridized carbons (Fsp3) is 0.714. The lowest BCUT2D eigenvalue weighted by Crippen LogP contribution is -2.46. The van der Waals surface area contributed by atoms with Gasteiger partial charge >= 0.3 is 14.2 Å². The van der Waals surface area contributed by atoms with Gasteiger partial charge in [-0.2, -0.15) is 0 Å². The zero-order chi connectivity index (χ0) is 20.6. The molecule has 2 aliphatic heterocycles. The van der Waals surface area contributed by atoms with Gasteiger partial charge in [0.2, 0.25) is 0 Å². The van der Waals surface area contributed by atoms with Gasteiger partial charge in [-0.05, 0) is 87.1 Å². The average Bonchev–Trinajstić information content (AvgIpc) is 2.77. The van der Waals surface area contributed by atoms with Crippen LogP contribution in [0.1, 0.15) is 72.1 Å². The summed E-state index contributed by atoms with van der Waals surface area (Å²) in [7, 11) is -0.784. The van der Waals surface area contributed by atoms with E-state index in [9.17, 15) is 0 Å². The van der Waals surface area contributed by atoms with Crippen LogP contribution in [0.25, 0.3) is 0 Å². The summed E-state index contributed by atoms with van der Waals surface area (Å²) in [5.74, 6) is 0. The van der Waals surface area contributed by atoms with E-state index in [-0.39, 0.29) is 22.4 Å². The molecule has 27 heavy (non-hydrogen) atoms. The maximum Gasteiger partial charge on any atom is 0.495 e. The predicted octanol–water partition coefficient (Wildman–Crippen LogP) is 3.21. The molecule has 0 amide bonds. The van der Waals surface area contributed by atoms with Crippen molar-refractivity contribution in [3.8, 4) is 0 Å². The Kier molecular flexibility index (Phi) is 4.72. The highest BCUT2D eigenvalue weighted by atomic mass is 16.7. The van der Waals surface area contributed by atoms with Gasteiger partial charge in [-0.3, -0.25) is 0 Å². The summed E-state index contributed by atoms with van der Waals surface area (Å²) in [5, 5.41) is 0. The monoisotopic (exact) mass is 372 g/mol. The molecule has 0 aliphatic carbocycles. The molecule has 2 fully saturated rings. The van der Waals surface area contributed by atoms with Crippen molar-refractivity contribution in [1.29, 1.82) is 0 Å². The van der Waals surface area contributed by atoms with E-state index in [2.05, 4.69) is 82.2 Å². The van der Waals surface area contributed by atoms with Crippen LogP contribution in [0.3, 0.4) is 0 Å². The van der Waals surface area contributed by atoms with Crippen molar-refractivity contribution in [3.63, 3.8) is 0 Å². The van der Waals surface area contributed by atoms with Crippen LogP contribution in [0.15, 0.2) is 6.07 Å². The van der Waals surface area contributed by atoms with E-state index in [0.29, 0.717) is 0 Å². The molecule has 0 spiro atoms. The first-order valence-electron chi connectivity index (χ1n) is 9.91. The molecule has 148 valence electrons. The predicted molar refractivity (Wildman–Crippen MR) is 112 cm³/mol. The van der Waals surface area contributed by atoms with Crippen molar-refractivity contribution in [3.05, 3.63) is 22.8 Å². The van der Waals surface area contributed by atoms with E-state index in [1.165, 1.54) is 11.1 Å². The molecular formula is C21H34B2O4. The summed E-state index contributed by atoms with van der Waals surface area (Å²) >= 11 is 0. The van der Waals surface area contributed by atoms with Crippen LogP contribution >= 0.6 is 0 Å². The van der Waals surface area contributed by atoms with Gasteiger partial charge < -0.3 is 18.6 Å². The molecule has 3 rings (SSSR count). The lowest BCUT2D eigenvalue weighted by Gasteiger charge is -2.32. The number of aryl methyl sites for hydroxylation is 2. The van der Waals surface area contributed by atoms with E-state index in [4.69, 9.17) is 18.6 Å². The van der Waals surface area contributed by atoms with Gasteiger partial charge in [0.1, 0.15) is 0 Å². The Balaban J connectivity index is 2.06. The van der Waals surface area contributed by atoms with Crippen molar-refractivity contribution in [2.45, 2.75) is 98.6 Å². The second-order valence-electron chi connectivity index (χ2n) is 10.1. The third kappa shape index (κ3) is 3.19. The van der Waals surface area contributed by atoms with Crippen molar-refractivity contribution in [2.75, 3.05) is 0 Å². The average molecular weight is 372 g/mol. The fourth-order valence-corrected chi connectivity index (χ4v) is 3.86. The first-order chi connectivity index (χ1) is 12.1. The van der Waals surface area contributed by atoms with Crippen molar-refractivity contribution in [2.24, 2.45) is 0 Å². The maximum absolute atomic E-state index is 6.35. The van der Waals surface area contributed by atoms with Crippen LogP contribution in [0.5, 0.6) is 0 Å². The van der Waals surface area contributed by atoms with Gasteiger partial charge in [0.05, 0.1) is 22.4 Å². The third-order valence-corrected chi connectivity index (χ3v) is 7.07. The zero-order valence-corrected chi connectivity index (χ0v) is 18.9. The molecule has 0 atom stereocenters. The van der Waals surface area contributed by atoms with Gasteiger partial charge in [0.15, 0.2) is 0 Å². The quantitative estimate of drug-likeness (QED) is 0.748. The SMILES string of the molecule is Cc1cc(C)c(B2OC(C)(C)C(C)(C)O2)c(C)c1B1OC(C)(C)C(C)(C)O1. The van der Waals surface area contributed by atoms with Crippen molar-refractivity contribution >= 4 is 25.2 Å². The van der Waals surface area contributed by atoms with Crippen LogP contribution in [-0.2, 0) is 18.6 Å². The first kappa shape index (κ1) is 20.9. The van der Waals surface area contributed by atoms with Gasteiger partial charge in [0.25, 0.3) is 0 Å². The third-order valence-electron chi connectivity index (χ3n) is 7.07. The Morgan fingerprint density at radius 2 is 0.815 bits per heavy atom. The number of hydrogen-bond acceptors (Lipinski definition) is 4. The Hall–Kier alpha value is -0.810. The zero-order valence-electron chi connectivity index (χ0n) is 18.9. The molecule has 0 saturated carbocycles. The van der Waals surface area contributed by atoms with Gasteiger partial charge in [-0.15, -0.1) is 0 Å². The van der Waals surface area contributed by atoms with Gasteiger partial charge in [-0.1, -0.05) is 22.8 Å². The Morgan fingerprint density at radius 3 is 1.07 bits per heavy atom. The summed E-state index contributed by atoms with van der Waals surface area (Å²) in [6, 6.07) is 2.19. The van der Waals surface area contributed by atoms with Crippen molar-refractivity contribution < 1.29 is 18.6 Å². The highest BCUT2D eigenvalue weighted by Gasteiger charge is 2.55. The van der Waals surface area contributed by atoms with Crippen LogP contribution in [0.2, 0.25) is 0 Å². The largest absolute Gasteiger partial charge is 0.495 e. The van der Waals surface area contributed by atoms with Crippen LogP contribution in [0.4, 0.5) is 0 Å². The van der Waals surface area contributed by atoms with E-state index >= 15 is 0 Å². The normalized spacial score (nSPS) is 25.3. The van der Waals surface area contributed by atoms with Crippen LogP contribution < -0.4 is 10.9 Å². The smallest absolute Gasteiger partial charge is 0.399 e. The number of rotatable bonds is 2. The summed E-state index contributed by atoms with van der Waals surface area (Å²) in [6.07, 6.45) is 0. The molecular weight excluding hydrogens is 338 g/mol. The Morgan fingerprint density at radius 1 is 0.556 bits per heavy atom.